The second kappa shape index (κ2) is 8.31. The third kappa shape index (κ3) is 5.24. The first-order valence-corrected chi connectivity index (χ1v) is 7.50. The van der Waals surface area contributed by atoms with Crippen LogP contribution in [0.25, 0.3) is 0 Å². The van der Waals surface area contributed by atoms with Crippen molar-refractivity contribution >= 4 is 29.1 Å². The molecule has 0 unspecified atom stereocenters. The summed E-state index contributed by atoms with van der Waals surface area (Å²) in [6.07, 6.45) is 0. The third-order valence-corrected chi connectivity index (χ3v) is 3.37. The predicted octanol–water partition coefficient (Wildman–Crippen LogP) is 2.96. The van der Waals surface area contributed by atoms with Crippen molar-refractivity contribution < 1.29 is 18.7 Å². The summed E-state index contributed by atoms with van der Waals surface area (Å²) >= 11 is 5.76. The van der Waals surface area contributed by atoms with E-state index in [2.05, 4.69) is 5.32 Å². The largest absolute Gasteiger partial charge is 0.481 e. The molecule has 2 rings (SSSR count). The fraction of sp³-hybridized carbons (Fsp3) is 0.176. The van der Waals surface area contributed by atoms with Crippen molar-refractivity contribution in [2.45, 2.75) is 0 Å². The summed E-state index contributed by atoms with van der Waals surface area (Å²) in [5.74, 6) is -1.36. The maximum absolute atomic E-state index is 13.4. The number of nitrogens with zero attached hydrogens (tertiary/aromatic N) is 1. The topological polar surface area (TPSA) is 58.6 Å². The second-order valence-electron chi connectivity index (χ2n) is 5.02. The molecule has 0 heterocycles. The number of halogens is 2. The number of ether oxygens (including phenoxy) is 1. The molecule has 0 bridgehead atoms. The number of nitrogens with one attached hydrogen (secondary N) is 1. The van der Waals surface area contributed by atoms with E-state index in [-0.39, 0.29) is 24.8 Å². The maximum Gasteiger partial charge on any atom is 0.260 e. The molecule has 2 aromatic carbocycles. The van der Waals surface area contributed by atoms with Crippen LogP contribution in [0, 0.1) is 5.82 Å². The van der Waals surface area contributed by atoms with Gasteiger partial charge in [-0.2, -0.15) is 0 Å². The Morgan fingerprint density at radius 1 is 1.17 bits per heavy atom. The Balaban J connectivity index is 1.81. The van der Waals surface area contributed by atoms with Crippen LogP contribution in [-0.4, -0.2) is 36.9 Å². The Morgan fingerprint density at radius 2 is 1.83 bits per heavy atom. The smallest absolute Gasteiger partial charge is 0.260 e. The van der Waals surface area contributed by atoms with E-state index in [0.717, 1.165) is 0 Å². The van der Waals surface area contributed by atoms with Crippen molar-refractivity contribution in [2.75, 3.05) is 25.5 Å². The van der Waals surface area contributed by atoms with Gasteiger partial charge in [0.15, 0.2) is 18.2 Å². The van der Waals surface area contributed by atoms with E-state index in [0.29, 0.717) is 10.7 Å². The molecule has 0 saturated heterocycles. The van der Waals surface area contributed by atoms with Crippen LogP contribution in [0.2, 0.25) is 5.02 Å². The molecule has 1 N–H and O–H groups in total. The molecule has 0 aliphatic heterocycles. The van der Waals surface area contributed by atoms with E-state index in [1.54, 1.807) is 30.3 Å². The number of carbonyl (C=O) groups is 2. The minimum absolute atomic E-state index is 0.00938. The summed E-state index contributed by atoms with van der Waals surface area (Å²) in [6, 6.07) is 12.4. The minimum atomic E-state index is -0.548. The third-order valence-electron chi connectivity index (χ3n) is 3.12. The maximum atomic E-state index is 13.4. The Kier molecular flexibility index (Phi) is 6.14. The van der Waals surface area contributed by atoms with Crippen LogP contribution in [0.5, 0.6) is 5.75 Å². The molecule has 2 aromatic rings. The molecule has 0 atom stereocenters. The van der Waals surface area contributed by atoms with Crippen molar-refractivity contribution in [1.29, 1.82) is 0 Å². The zero-order valence-corrected chi connectivity index (χ0v) is 13.7. The van der Waals surface area contributed by atoms with Gasteiger partial charge in [-0.25, -0.2) is 4.39 Å². The normalized spacial score (nSPS) is 10.1. The molecule has 0 aliphatic carbocycles. The number of para-hydroxylation sites is 1. The number of rotatable bonds is 6. The molecule has 2 amide bonds. The summed E-state index contributed by atoms with van der Waals surface area (Å²) in [7, 11) is 1.47. The fourth-order valence-corrected chi connectivity index (χ4v) is 1.97. The van der Waals surface area contributed by atoms with Gasteiger partial charge in [-0.1, -0.05) is 23.7 Å². The van der Waals surface area contributed by atoms with Gasteiger partial charge in [0.1, 0.15) is 0 Å². The molecule has 0 fully saturated rings. The Labute approximate surface area is 144 Å². The van der Waals surface area contributed by atoms with Gasteiger partial charge in [-0.05, 0) is 36.4 Å². The highest BCUT2D eigenvalue weighted by Gasteiger charge is 2.14. The van der Waals surface area contributed by atoms with Gasteiger partial charge in [0.25, 0.3) is 5.91 Å². The molecular weight excluding hydrogens is 335 g/mol. The van der Waals surface area contributed by atoms with Crippen LogP contribution in [0.4, 0.5) is 10.1 Å². The molecule has 0 aliphatic rings. The van der Waals surface area contributed by atoms with Crippen molar-refractivity contribution in [1.82, 2.24) is 4.90 Å². The lowest BCUT2D eigenvalue weighted by Gasteiger charge is -2.17. The average Bonchev–Trinajstić information content (AvgIpc) is 2.56. The number of benzene rings is 2. The number of carbonyl (C=O) groups excluding carboxylic acids is 2. The lowest BCUT2D eigenvalue weighted by Crippen LogP contribution is -2.37. The first kappa shape index (κ1) is 17.7. The average molecular weight is 351 g/mol. The van der Waals surface area contributed by atoms with Crippen LogP contribution in [0.3, 0.4) is 0 Å². The van der Waals surface area contributed by atoms with Crippen molar-refractivity contribution in [3.05, 3.63) is 59.4 Å². The highest BCUT2D eigenvalue weighted by Crippen LogP contribution is 2.15. The zero-order valence-electron chi connectivity index (χ0n) is 13.0. The van der Waals surface area contributed by atoms with E-state index in [1.165, 1.54) is 30.1 Å². The molecule has 5 nitrogen and oxygen atoms in total. The van der Waals surface area contributed by atoms with Crippen molar-refractivity contribution in [2.24, 2.45) is 0 Å². The molecule has 24 heavy (non-hydrogen) atoms. The van der Waals surface area contributed by atoms with Crippen LogP contribution >= 0.6 is 11.6 Å². The summed E-state index contributed by atoms with van der Waals surface area (Å²) in [6.45, 7) is -0.506. The van der Waals surface area contributed by atoms with Crippen LogP contribution in [0.1, 0.15) is 0 Å². The SMILES string of the molecule is CN(CC(=O)Nc1ccc(Cl)cc1)C(=O)COc1ccccc1F. The monoisotopic (exact) mass is 350 g/mol. The lowest BCUT2D eigenvalue weighted by atomic mass is 10.3. The summed E-state index contributed by atoms with van der Waals surface area (Å²) in [5, 5.41) is 3.21. The Hall–Kier alpha value is -2.60. The molecule has 7 heteroatoms. The first-order chi connectivity index (χ1) is 11.5. The number of anilines is 1. The van der Waals surface area contributed by atoms with Gasteiger partial charge < -0.3 is 15.0 Å². The molecule has 0 saturated carbocycles. The summed E-state index contributed by atoms with van der Waals surface area (Å²) in [5.41, 5.74) is 0.577. The van der Waals surface area contributed by atoms with Crippen LogP contribution < -0.4 is 10.1 Å². The Bertz CT molecular complexity index is 722. The number of hydrogen-bond acceptors (Lipinski definition) is 3. The highest BCUT2D eigenvalue weighted by atomic mass is 35.5. The van der Waals surface area contributed by atoms with Crippen LogP contribution in [-0.2, 0) is 9.59 Å². The van der Waals surface area contributed by atoms with Gasteiger partial charge in [0.05, 0.1) is 6.54 Å². The molecule has 0 radical (unpaired) electrons. The van der Waals surface area contributed by atoms with Crippen molar-refractivity contribution in [3.8, 4) is 5.75 Å². The lowest BCUT2D eigenvalue weighted by molar-refractivity contribution is -0.135. The quantitative estimate of drug-likeness (QED) is 0.871. The fourth-order valence-electron chi connectivity index (χ4n) is 1.85. The zero-order chi connectivity index (χ0) is 17.5. The highest BCUT2D eigenvalue weighted by molar-refractivity contribution is 6.30. The number of amides is 2. The number of hydrogen-bond donors (Lipinski definition) is 1. The number of likely N-dealkylation sites (N-methyl/N-ethyl adjacent to an activating group) is 1. The Morgan fingerprint density at radius 3 is 2.50 bits per heavy atom. The van der Waals surface area contributed by atoms with E-state index in [9.17, 15) is 14.0 Å². The summed E-state index contributed by atoms with van der Waals surface area (Å²) < 4.78 is 18.5. The van der Waals surface area contributed by atoms with Gasteiger partial charge in [-0.15, -0.1) is 0 Å². The van der Waals surface area contributed by atoms with Gasteiger partial charge in [-0.3, -0.25) is 9.59 Å². The standard InChI is InChI=1S/C17H16ClFN2O3/c1-21(10-16(22)20-13-8-6-12(18)7-9-13)17(23)11-24-15-5-3-2-4-14(15)19/h2-9H,10-11H2,1H3,(H,20,22). The molecular formula is C17H16ClFN2O3. The molecule has 0 spiro atoms. The van der Waals surface area contributed by atoms with E-state index < -0.39 is 11.7 Å². The summed E-state index contributed by atoms with van der Waals surface area (Å²) in [4.78, 5) is 25.0. The first-order valence-electron chi connectivity index (χ1n) is 7.12. The van der Waals surface area contributed by atoms with Gasteiger partial charge in [0.2, 0.25) is 5.91 Å². The van der Waals surface area contributed by atoms with E-state index >= 15 is 0 Å². The predicted molar refractivity (Wildman–Crippen MR) is 89.6 cm³/mol. The van der Waals surface area contributed by atoms with Gasteiger partial charge >= 0.3 is 0 Å². The molecule has 0 aromatic heterocycles. The van der Waals surface area contributed by atoms with Crippen molar-refractivity contribution in [3.63, 3.8) is 0 Å². The molecule has 126 valence electrons. The minimum Gasteiger partial charge on any atom is -0.481 e. The van der Waals surface area contributed by atoms with Gasteiger partial charge in [0, 0.05) is 17.8 Å². The van der Waals surface area contributed by atoms with E-state index in [4.69, 9.17) is 16.3 Å². The van der Waals surface area contributed by atoms with E-state index in [1.807, 2.05) is 0 Å². The second-order valence-corrected chi connectivity index (χ2v) is 5.46. The van der Waals surface area contributed by atoms with Crippen LogP contribution in [0.15, 0.2) is 48.5 Å².